The van der Waals surface area contributed by atoms with Crippen LogP contribution in [-0.4, -0.2) is 5.25 Å². The molecule has 94 valence electrons. The second-order valence-electron chi connectivity index (χ2n) is 5.15. The third-order valence-corrected chi connectivity index (χ3v) is 5.34. The Morgan fingerprint density at radius 1 is 1.29 bits per heavy atom. The van der Waals surface area contributed by atoms with Crippen molar-refractivity contribution in [1.29, 1.82) is 0 Å². The lowest BCUT2D eigenvalue weighted by atomic mass is 9.87. The number of nitrogens with two attached hydrogens (primary N) is 1. The first kappa shape index (κ1) is 12.8. The van der Waals surface area contributed by atoms with Gasteiger partial charge < -0.3 is 5.73 Å². The average Bonchev–Trinajstić information content (AvgIpc) is 2.34. The fraction of sp³-hybridized carbons (Fsp3) is 0.600. The maximum absolute atomic E-state index is 6.07. The second-order valence-corrected chi connectivity index (χ2v) is 6.43. The molecule has 0 bridgehead atoms. The maximum atomic E-state index is 6.07. The zero-order valence-electron chi connectivity index (χ0n) is 10.9. The van der Waals surface area contributed by atoms with Gasteiger partial charge in [0.2, 0.25) is 0 Å². The zero-order valence-corrected chi connectivity index (χ0v) is 11.7. The predicted octanol–water partition coefficient (Wildman–Crippen LogP) is 4.64. The van der Waals surface area contributed by atoms with E-state index in [4.69, 9.17) is 5.73 Å². The summed E-state index contributed by atoms with van der Waals surface area (Å²) in [5.74, 6) is 0.883. The number of nitrogen functional groups attached to an aromatic ring is 1. The molecule has 1 nitrogen and oxygen atoms in total. The summed E-state index contributed by atoms with van der Waals surface area (Å²) >= 11 is 2.01. The van der Waals surface area contributed by atoms with Crippen LogP contribution in [0.25, 0.3) is 0 Å². The molecular weight excluding hydrogens is 226 g/mol. The molecule has 0 aliphatic heterocycles. The summed E-state index contributed by atoms with van der Waals surface area (Å²) in [7, 11) is 0. The molecule has 2 rings (SSSR count). The molecule has 0 saturated heterocycles. The second kappa shape index (κ2) is 5.81. The van der Waals surface area contributed by atoms with E-state index in [1.54, 1.807) is 0 Å². The van der Waals surface area contributed by atoms with Crippen molar-refractivity contribution in [1.82, 2.24) is 0 Å². The number of hydrogen-bond donors (Lipinski definition) is 1. The predicted molar refractivity (Wildman–Crippen MR) is 77.5 cm³/mol. The van der Waals surface area contributed by atoms with E-state index in [1.807, 2.05) is 17.8 Å². The number of aryl methyl sites for hydroxylation is 1. The summed E-state index contributed by atoms with van der Waals surface area (Å²) in [6.45, 7) is 4.46. The summed E-state index contributed by atoms with van der Waals surface area (Å²) in [6.07, 6.45) is 6.87. The van der Waals surface area contributed by atoms with E-state index in [0.717, 1.165) is 16.9 Å². The highest BCUT2D eigenvalue weighted by Gasteiger charge is 2.24. The standard InChI is InChI=1S/C15H23NS/c1-3-12-6-4-5-7-14(12)17-15-10-11(2)8-9-13(15)16/h8-10,12,14H,3-7,16H2,1-2H3. The van der Waals surface area contributed by atoms with Crippen molar-refractivity contribution < 1.29 is 0 Å². The molecule has 1 aromatic carbocycles. The molecule has 1 aromatic rings. The van der Waals surface area contributed by atoms with Crippen LogP contribution in [0.5, 0.6) is 0 Å². The first-order chi connectivity index (χ1) is 8.20. The van der Waals surface area contributed by atoms with Gasteiger partial charge in [-0.25, -0.2) is 0 Å². The molecule has 1 aliphatic carbocycles. The third kappa shape index (κ3) is 3.19. The van der Waals surface area contributed by atoms with E-state index in [-0.39, 0.29) is 0 Å². The minimum atomic E-state index is 0.776. The SMILES string of the molecule is CCC1CCCCC1Sc1cc(C)ccc1N. The van der Waals surface area contributed by atoms with Crippen LogP contribution in [0.15, 0.2) is 23.1 Å². The molecule has 2 atom stereocenters. The Hall–Kier alpha value is -0.630. The Morgan fingerprint density at radius 3 is 2.82 bits per heavy atom. The topological polar surface area (TPSA) is 26.0 Å². The number of thioether (sulfide) groups is 1. The molecule has 2 N–H and O–H groups in total. The van der Waals surface area contributed by atoms with Crippen LogP contribution in [0, 0.1) is 12.8 Å². The first-order valence-corrected chi connectivity index (χ1v) is 7.61. The smallest absolute Gasteiger partial charge is 0.0452 e. The van der Waals surface area contributed by atoms with Gasteiger partial charge in [-0.2, -0.15) is 0 Å². The van der Waals surface area contributed by atoms with Crippen molar-refractivity contribution in [2.45, 2.75) is 56.1 Å². The van der Waals surface area contributed by atoms with Crippen LogP contribution in [0.3, 0.4) is 0 Å². The van der Waals surface area contributed by atoms with Crippen LogP contribution in [-0.2, 0) is 0 Å². The number of benzene rings is 1. The molecule has 0 radical (unpaired) electrons. The van der Waals surface area contributed by atoms with Crippen molar-refractivity contribution >= 4 is 17.4 Å². The van der Waals surface area contributed by atoms with Crippen LogP contribution in [0.4, 0.5) is 5.69 Å². The van der Waals surface area contributed by atoms with Gasteiger partial charge >= 0.3 is 0 Å². The summed E-state index contributed by atoms with van der Waals surface area (Å²) in [5, 5.41) is 0.776. The van der Waals surface area contributed by atoms with Gasteiger partial charge in [0, 0.05) is 15.8 Å². The molecule has 1 saturated carbocycles. The van der Waals surface area contributed by atoms with Crippen molar-refractivity contribution in [3.8, 4) is 0 Å². The van der Waals surface area contributed by atoms with E-state index in [2.05, 4.69) is 26.0 Å². The van der Waals surface area contributed by atoms with Crippen molar-refractivity contribution in [2.75, 3.05) is 5.73 Å². The lowest BCUT2D eigenvalue weighted by Gasteiger charge is -2.30. The lowest BCUT2D eigenvalue weighted by Crippen LogP contribution is -2.21. The Morgan fingerprint density at radius 2 is 2.06 bits per heavy atom. The highest BCUT2D eigenvalue weighted by molar-refractivity contribution is 8.00. The van der Waals surface area contributed by atoms with E-state index >= 15 is 0 Å². The summed E-state index contributed by atoms with van der Waals surface area (Å²) in [6, 6.07) is 6.38. The Balaban J connectivity index is 2.10. The normalized spacial score (nSPS) is 24.8. The van der Waals surface area contributed by atoms with Gasteiger partial charge in [-0.1, -0.05) is 32.3 Å². The first-order valence-electron chi connectivity index (χ1n) is 6.73. The highest BCUT2D eigenvalue weighted by Crippen LogP contribution is 2.40. The maximum Gasteiger partial charge on any atom is 0.0452 e. The average molecular weight is 249 g/mol. The monoisotopic (exact) mass is 249 g/mol. The third-order valence-electron chi connectivity index (χ3n) is 3.81. The molecule has 1 fully saturated rings. The van der Waals surface area contributed by atoms with Crippen molar-refractivity contribution in [2.24, 2.45) is 5.92 Å². The fourth-order valence-corrected chi connectivity index (χ4v) is 4.29. The van der Waals surface area contributed by atoms with Gasteiger partial charge in [-0.05, 0) is 43.4 Å². The van der Waals surface area contributed by atoms with Gasteiger partial charge in [0.1, 0.15) is 0 Å². The van der Waals surface area contributed by atoms with Crippen LogP contribution < -0.4 is 5.73 Å². The minimum absolute atomic E-state index is 0.776. The molecule has 0 amide bonds. The number of hydrogen-bond acceptors (Lipinski definition) is 2. The van der Waals surface area contributed by atoms with E-state index in [0.29, 0.717) is 0 Å². The molecule has 0 spiro atoms. The quantitative estimate of drug-likeness (QED) is 0.790. The molecule has 0 heterocycles. The Kier molecular flexibility index (Phi) is 4.38. The lowest BCUT2D eigenvalue weighted by molar-refractivity contribution is 0.361. The number of anilines is 1. The van der Waals surface area contributed by atoms with Crippen molar-refractivity contribution in [3.05, 3.63) is 23.8 Å². The van der Waals surface area contributed by atoms with Gasteiger partial charge in [0.05, 0.1) is 0 Å². The van der Waals surface area contributed by atoms with Crippen LogP contribution >= 0.6 is 11.8 Å². The molecule has 2 heteroatoms. The molecule has 2 unspecified atom stereocenters. The van der Waals surface area contributed by atoms with E-state index in [1.165, 1.54) is 42.6 Å². The van der Waals surface area contributed by atoms with E-state index < -0.39 is 0 Å². The molecule has 0 aromatic heterocycles. The largest absolute Gasteiger partial charge is 0.398 e. The Labute approximate surface area is 109 Å². The van der Waals surface area contributed by atoms with Crippen LogP contribution in [0.1, 0.15) is 44.6 Å². The fourth-order valence-electron chi connectivity index (χ4n) is 2.70. The summed E-state index contributed by atoms with van der Waals surface area (Å²) in [5.41, 5.74) is 8.33. The molecule has 17 heavy (non-hydrogen) atoms. The van der Waals surface area contributed by atoms with Gasteiger partial charge in [0.15, 0.2) is 0 Å². The van der Waals surface area contributed by atoms with Gasteiger partial charge in [-0.3, -0.25) is 0 Å². The number of rotatable bonds is 3. The Bertz CT molecular complexity index is 375. The van der Waals surface area contributed by atoms with Gasteiger partial charge in [0.25, 0.3) is 0 Å². The summed E-state index contributed by atoms with van der Waals surface area (Å²) < 4.78 is 0. The molecule has 1 aliphatic rings. The minimum Gasteiger partial charge on any atom is -0.398 e. The molecular formula is C15H23NS. The van der Waals surface area contributed by atoms with E-state index in [9.17, 15) is 0 Å². The summed E-state index contributed by atoms with van der Waals surface area (Å²) in [4.78, 5) is 1.29. The van der Waals surface area contributed by atoms with Gasteiger partial charge in [-0.15, -0.1) is 11.8 Å². The highest BCUT2D eigenvalue weighted by atomic mass is 32.2. The van der Waals surface area contributed by atoms with Crippen molar-refractivity contribution in [3.63, 3.8) is 0 Å². The zero-order chi connectivity index (χ0) is 12.3. The van der Waals surface area contributed by atoms with Crippen LogP contribution in [0.2, 0.25) is 0 Å².